The van der Waals surface area contributed by atoms with E-state index < -0.39 is 0 Å². The largest absolute Gasteiger partial charge is 0.313 e. The topological polar surface area (TPSA) is 12.0 Å². The van der Waals surface area contributed by atoms with Crippen LogP contribution < -0.4 is 5.32 Å². The Morgan fingerprint density at radius 1 is 0.762 bits per heavy atom. The van der Waals surface area contributed by atoms with Crippen LogP contribution in [0.2, 0.25) is 0 Å². The fourth-order valence-electron chi connectivity index (χ4n) is 2.80. The summed E-state index contributed by atoms with van der Waals surface area (Å²) in [4.78, 5) is 0. The van der Waals surface area contributed by atoms with E-state index in [9.17, 15) is 0 Å². The van der Waals surface area contributed by atoms with E-state index in [1.54, 1.807) is 0 Å². The summed E-state index contributed by atoms with van der Waals surface area (Å²) in [5.41, 5.74) is 4.02. The molecule has 0 aliphatic carbocycles. The van der Waals surface area contributed by atoms with Gasteiger partial charge in [-0.25, -0.2) is 0 Å². The van der Waals surface area contributed by atoms with Crippen molar-refractivity contribution in [2.75, 3.05) is 6.54 Å². The van der Waals surface area contributed by atoms with Crippen molar-refractivity contribution in [1.29, 1.82) is 0 Å². The Hall–Kier alpha value is -2.12. The zero-order valence-electron chi connectivity index (χ0n) is 12.5. The fourth-order valence-corrected chi connectivity index (χ4v) is 2.80. The minimum atomic E-state index is 0.924. The van der Waals surface area contributed by atoms with E-state index in [4.69, 9.17) is 0 Å². The van der Waals surface area contributed by atoms with Crippen molar-refractivity contribution in [2.24, 2.45) is 0 Å². The molecule has 1 nitrogen and oxygen atoms in total. The lowest BCUT2D eigenvalue weighted by Crippen LogP contribution is -2.14. The van der Waals surface area contributed by atoms with E-state index >= 15 is 0 Å². The Morgan fingerprint density at radius 2 is 1.48 bits per heavy atom. The Morgan fingerprint density at radius 3 is 2.38 bits per heavy atom. The molecule has 0 saturated carbocycles. The van der Waals surface area contributed by atoms with Crippen LogP contribution in [0, 0.1) is 0 Å². The Kier molecular flexibility index (Phi) is 4.32. The van der Waals surface area contributed by atoms with Gasteiger partial charge in [0.05, 0.1) is 0 Å². The minimum absolute atomic E-state index is 0.924. The molecule has 0 amide bonds. The van der Waals surface area contributed by atoms with Gasteiger partial charge in [-0.1, -0.05) is 73.7 Å². The van der Waals surface area contributed by atoms with Crippen molar-refractivity contribution < 1.29 is 0 Å². The predicted molar refractivity (Wildman–Crippen MR) is 91.4 cm³/mol. The van der Waals surface area contributed by atoms with Crippen LogP contribution in [0.4, 0.5) is 0 Å². The molecule has 3 aromatic rings. The molecule has 1 heteroatoms. The van der Waals surface area contributed by atoms with Gasteiger partial charge in [-0.15, -0.1) is 0 Å². The van der Waals surface area contributed by atoms with Crippen LogP contribution in [0.25, 0.3) is 21.9 Å². The Labute approximate surface area is 126 Å². The van der Waals surface area contributed by atoms with Crippen LogP contribution in [0.15, 0.2) is 66.7 Å². The van der Waals surface area contributed by atoms with Gasteiger partial charge in [0, 0.05) is 6.54 Å². The first-order chi connectivity index (χ1) is 10.4. The maximum atomic E-state index is 3.51. The number of hydrogen-bond acceptors (Lipinski definition) is 1. The smallest absolute Gasteiger partial charge is 0.0211 e. The van der Waals surface area contributed by atoms with Crippen LogP contribution in [-0.4, -0.2) is 6.54 Å². The molecule has 0 saturated heterocycles. The summed E-state index contributed by atoms with van der Waals surface area (Å²) < 4.78 is 0. The Balaban J connectivity index is 2.06. The molecular formula is C20H21N. The molecule has 1 N–H and O–H groups in total. The number of benzene rings is 3. The lowest BCUT2D eigenvalue weighted by atomic mass is 9.94. The number of nitrogens with one attached hydrogen (secondary N) is 1. The van der Waals surface area contributed by atoms with Crippen LogP contribution >= 0.6 is 0 Å². The third kappa shape index (κ3) is 2.98. The summed E-state index contributed by atoms with van der Waals surface area (Å²) in [5, 5.41) is 6.13. The summed E-state index contributed by atoms with van der Waals surface area (Å²) in [6, 6.07) is 23.8. The SMILES string of the molecule is CCCNCc1ccccc1-c1cccc2ccccc12. The van der Waals surface area contributed by atoms with E-state index in [1.165, 1.54) is 27.5 Å². The molecule has 0 fully saturated rings. The third-order valence-corrected chi connectivity index (χ3v) is 3.84. The van der Waals surface area contributed by atoms with E-state index in [1.807, 2.05) is 0 Å². The van der Waals surface area contributed by atoms with Gasteiger partial charge in [0.25, 0.3) is 0 Å². The first-order valence-corrected chi connectivity index (χ1v) is 7.67. The van der Waals surface area contributed by atoms with Gasteiger partial charge in [-0.2, -0.15) is 0 Å². The van der Waals surface area contributed by atoms with E-state index in [0.29, 0.717) is 0 Å². The highest BCUT2D eigenvalue weighted by Crippen LogP contribution is 2.30. The fraction of sp³-hybridized carbons (Fsp3) is 0.200. The van der Waals surface area contributed by atoms with Crippen molar-refractivity contribution in [3.05, 3.63) is 72.3 Å². The van der Waals surface area contributed by atoms with Gasteiger partial charge in [-0.3, -0.25) is 0 Å². The summed E-state index contributed by atoms with van der Waals surface area (Å²) in [6.45, 7) is 4.18. The quantitative estimate of drug-likeness (QED) is 0.646. The van der Waals surface area contributed by atoms with Gasteiger partial charge < -0.3 is 5.32 Å². The van der Waals surface area contributed by atoms with Crippen LogP contribution in [-0.2, 0) is 6.54 Å². The van der Waals surface area contributed by atoms with Gasteiger partial charge in [0.15, 0.2) is 0 Å². The molecular weight excluding hydrogens is 254 g/mol. The molecule has 21 heavy (non-hydrogen) atoms. The highest BCUT2D eigenvalue weighted by Gasteiger charge is 2.07. The van der Waals surface area contributed by atoms with Crippen molar-refractivity contribution >= 4 is 10.8 Å². The molecule has 3 rings (SSSR count). The van der Waals surface area contributed by atoms with E-state index in [0.717, 1.165) is 19.5 Å². The number of hydrogen-bond donors (Lipinski definition) is 1. The van der Waals surface area contributed by atoms with Crippen molar-refractivity contribution in [3.8, 4) is 11.1 Å². The highest BCUT2D eigenvalue weighted by molar-refractivity contribution is 5.97. The zero-order chi connectivity index (χ0) is 14.5. The third-order valence-electron chi connectivity index (χ3n) is 3.84. The molecule has 0 heterocycles. The molecule has 0 spiro atoms. The molecule has 106 valence electrons. The van der Waals surface area contributed by atoms with Crippen molar-refractivity contribution in [3.63, 3.8) is 0 Å². The van der Waals surface area contributed by atoms with E-state index in [2.05, 4.69) is 79.0 Å². The van der Waals surface area contributed by atoms with Crippen LogP contribution in [0.3, 0.4) is 0 Å². The molecule has 3 aromatic carbocycles. The van der Waals surface area contributed by atoms with Gasteiger partial charge >= 0.3 is 0 Å². The second-order valence-corrected chi connectivity index (χ2v) is 5.36. The Bertz CT molecular complexity index is 725. The van der Waals surface area contributed by atoms with Crippen molar-refractivity contribution in [1.82, 2.24) is 5.32 Å². The zero-order valence-corrected chi connectivity index (χ0v) is 12.5. The van der Waals surface area contributed by atoms with Gasteiger partial charge in [0.1, 0.15) is 0 Å². The average molecular weight is 275 g/mol. The molecule has 0 aromatic heterocycles. The second-order valence-electron chi connectivity index (χ2n) is 5.36. The monoisotopic (exact) mass is 275 g/mol. The first-order valence-electron chi connectivity index (χ1n) is 7.67. The van der Waals surface area contributed by atoms with Gasteiger partial charge in [0.2, 0.25) is 0 Å². The van der Waals surface area contributed by atoms with Gasteiger partial charge in [-0.05, 0) is 40.4 Å². The van der Waals surface area contributed by atoms with Crippen molar-refractivity contribution in [2.45, 2.75) is 19.9 Å². The molecule has 0 unspecified atom stereocenters. The molecule has 0 atom stereocenters. The maximum Gasteiger partial charge on any atom is 0.0211 e. The van der Waals surface area contributed by atoms with E-state index in [-0.39, 0.29) is 0 Å². The second kappa shape index (κ2) is 6.55. The number of rotatable bonds is 5. The molecule has 0 aliphatic heterocycles. The molecule has 0 bridgehead atoms. The highest BCUT2D eigenvalue weighted by atomic mass is 14.8. The minimum Gasteiger partial charge on any atom is -0.313 e. The maximum absolute atomic E-state index is 3.51. The summed E-state index contributed by atoms with van der Waals surface area (Å²) in [5.74, 6) is 0. The average Bonchev–Trinajstić information content (AvgIpc) is 2.55. The lowest BCUT2D eigenvalue weighted by Gasteiger charge is -2.13. The number of fused-ring (bicyclic) bond motifs is 1. The summed E-state index contributed by atoms with van der Waals surface area (Å²) in [6.07, 6.45) is 1.16. The lowest BCUT2D eigenvalue weighted by molar-refractivity contribution is 0.676. The molecule has 0 radical (unpaired) electrons. The normalized spacial score (nSPS) is 10.9. The van der Waals surface area contributed by atoms with Crippen LogP contribution in [0.1, 0.15) is 18.9 Å². The first kappa shape index (κ1) is 13.8. The summed E-state index contributed by atoms with van der Waals surface area (Å²) >= 11 is 0. The summed E-state index contributed by atoms with van der Waals surface area (Å²) in [7, 11) is 0. The standard InChI is InChI=1S/C20H21N/c1-2-14-21-15-17-9-4-6-12-19(17)20-13-7-10-16-8-3-5-11-18(16)20/h3-13,21H,2,14-15H2,1H3. The van der Waals surface area contributed by atoms with Crippen LogP contribution in [0.5, 0.6) is 0 Å². The predicted octanol–water partition coefficient (Wildman–Crippen LogP) is 5.01. The molecule has 0 aliphatic rings.